The van der Waals surface area contributed by atoms with Gasteiger partial charge >= 0.3 is 0 Å². The first-order chi connectivity index (χ1) is 18.4. The van der Waals surface area contributed by atoms with Gasteiger partial charge in [0.2, 0.25) is 0 Å². The third-order valence-electron chi connectivity index (χ3n) is 6.32. The fourth-order valence-corrected chi connectivity index (χ4v) is 4.45. The van der Waals surface area contributed by atoms with E-state index >= 15 is 4.39 Å². The number of benzene rings is 2. The van der Waals surface area contributed by atoms with Crippen LogP contribution in [-0.2, 0) is 11.8 Å². The predicted octanol–water partition coefficient (Wildman–Crippen LogP) is 2.99. The molecule has 1 aliphatic heterocycles. The fourth-order valence-electron chi connectivity index (χ4n) is 4.45. The Morgan fingerprint density at radius 1 is 1.18 bits per heavy atom. The number of nitriles is 2. The molecule has 5 rings (SSSR count). The van der Waals surface area contributed by atoms with Gasteiger partial charge in [-0.15, -0.1) is 5.92 Å². The van der Waals surface area contributed by atoms with Gasteiger partial charge in [0.1, 0.15) is 28.9 Å². The molecule has 1 saturated carbocycles. The van der Waals surface area contributed by atoms with Crippen molar-refractivity contribution in [2.45, 2.75) is 25.9 Å². The van der Waals surface area contributed by atoms with Crippen LogP contribution >= 0.6 is 0 Å². The smallest absolute Gasteiger partial charge is 0.152 e. The van der Waals surface area contributed by atoms with Crippen LogP contribution < -0.4 is 15.9 Å². The first kappa shape index (κ1) is 24.5. The standard InChI is InChI=1S/C28H20FN7O2/c1-3-4-15-9-24(38-18-5-6-18)20(11-31)26(27(15)29)28-21(13-33-36(28)2)16-7-17(10-30)25-19(8-16)22(12-32)34-35-23(25)14-37/h7-9,13,18,35H,5-6,12,32H2,1-2H3. The Hall–Kier alpha value is -5.20. The molecular weight excluding hydrogens is 485 g/mol. The van der Waals surface area contributed by atoms with Crippen molar-refractivity contribution in [3.63, 3.8) is 0 Å². The predicted molar refractivity (Wildman–Crippen MR) is 137 cm³/mol. The van der Waals surface area contributed by atoms with Crippen molar-refractivity contribution in [2.24, 2.45) is 17.9 Å². The number of fused-ring (bicyclic) bond motifs is 1. The number of nitrogens with one attached hydrogen (secondary N) is 1. The van der Waals surface area contributed by atoms with Crippen LogP contribution in [0, 0.1) is 40.3 Å². The second-order valence-corrected chi connectivity index (χ2v) is 8.73. The molecule has 9 nitrogen and oxygen atoms in total. The second-order valence-electron chi connectivity index (χ2n) is 8.73. The van der Waals surface area contributed by atoms with E-state index in [4.69, 9.17) is 10.5 Å². The summed E-state index contributed by atoms with van der Waals surface area (Å²) in [7, 11) is 1.63. The largest absolute Gasteiger partial charge is 0.489 e. The normalized spacial score (nSPS) is 13.6. The number of nitrogens with two attached hydrogens (primary N) is 1. The molecule has 186 valence electrons. The lowest BCUT2D eigenvalue weighted by Gasteiger charge is -2.20. The number of aromatic nitrogens is 2. The molecule has 2 aromatic carbocycles. The Morgan fingerprint density at radius 2 is 1.97 bits per heavy atom. The summed E-state index contributed by atoms with van der Waals surface area (Å²) in [5.74, 6) is 6.82. The summed E-state index contributed by atoms with van der Waals surface area (Å²) in [4.78, 5) is 11.5. The molecule has 1 aromatic heterocycles. The van der Waals surface area contributed by atoms with Crippen molar-refractivity contribution >= 4 is 17.4 Å². The number of hydrogen-bond acceptors (Lipinski definition) is 8. The molecule has 0 saturated heterocycles. The Bertz CT molecular complexity index is 1730. The van der Waals surface area contributed by atoms with E-state index in [1.807, 2.05) is 0 Å². The minimum atomic E-state index is -0.679. The van der Waals surface area contributed by atoms with Crippen molar-refractivity contribution in [1.82, 2.24) is 15.2 Å². The second kappa shape index (κ2) is 9.69. The summed E-state index contributed by atoms with van der Waals surface area (Å²) in [5.41, 5.74) is 11.2. The molecule has 3 aromatic rings. The van der Waals surface area contributed by atoms with E-state index in [2.05, 4.69) is 39.6 Å². The topological polar surface area (TPSA) is 142 Å². The maximum absolute atomic E-state index is 16.0. The van der Waals surface area contributed by atoms with E-state index in [0.717, 1.165) is 12.8 Å². The van der Waals surface area contributed by atoms with Gasteiger partial charge in [-0.2, -0.15) is 20.7 Å². The third kappa shape index (κ3) is 3.99. The van der Waals surface area contributed by atoms with Crippen LogP contribution in [0.25, 0.3) is 28.1 Å². The average Bonchev–Trinajstić information content (AvgIpc) is 3.67. The quantitative estimate of drug-likeness (QED) is 0.401. The Balaban J connectivity index is 1.81. The number of aryl methyl sites for hydroxylation is 1. The molecule has 2 heterocycles. The highest BCUT2D eigenvalue weighted by atomic mass is 19.1. The molecule has 2 aliphatic rings. The monoisotopic (exact) mass is 505 g/mol. The number of carbonyl (C=O) groups excluding carboxylic acids is 1. The molecule has 0 radical (unpaired) electrons. The maximum Gasteiger partial charge on any atom is 0.152 e. The highest BCUT2D eigenvalue weighted by Crippen LogP contribution is 2.42. The highest BCUT2D eigenvalue weighted by molar-refractivity contribution is 6.11. The molecule has 1 aliphatic carbocycles. The number of rotatable bonds is 5. The number of nitrogens with zero attached hydrogens (tertiary/aromatic N) is 5. The highest BCUT2D eigenvalue weighted by Gasteiger charge is 2.31. The lowest BCUT2D eigenvalue weighted by molar-refractivity contribution is 0.302. The lowest BCUT2D eigenvalue weighted by Crippen LogP contribution is -2.26. The summed E-state index contributed by atoms with van der Waals surface area (Å²) < 4.78 is 23.4. The van der Waals surface area contributed by atoms with Crippen LogP contribution in [0.15, 0.2) is 29.5 Å². The van der Waals surface area contributed by atoms with Gasteiger partial charge in [0.05, 0.1) is 46.5 Å². The summed E-state index contributed by atoms with van der Waals surface area (Å²) in [6.45, 7) is 1.63. The lowest BCUT2D eigenvalue weighted by atomic mass is 9.88. The number of ether oxygens (including phenoxy) is 1. The summed E-state index contributed by atoms with van der Waals surface area (Å²) in [6, 6.07) is 8.95. The van der Waals surface area contributed by atoms with Crippen LogP contribution in [0.4, 0.5) is 4.39 Å². The third-order valence-corrected chi connectivity index (χ3v) is 6.32. The minimum absolute atomic E-state index is 0.00233. The van der Waals surface area contributed by atoms with Crippen molar-refractivity contribution in [3.8, 4) is 52.1 Å². The van der Waals surface area contributed by atoms with E-state index in [1.165, 1.54) is 16.9 Å². The molecule has 0 atom stereocenters. The summed E-state index contributed by atoms with van der Waals surface area (Å²) in [5, 5.41) is 28.5. The molecule has 0 bridgehead atoms. The molecular formula is C28H20FN7O2. The van der Waals surface area contributed by atoms with Crippen molar-refractivity contribution < 1.29 is 13.9 Å². The fraction of sp³-hybridized carbons (Fsp3) is 0.214. The molecule has 0 spiro atoms. The molecule has 0 amide bonds. The Kier molecular flexibility index (Phi) is 6.24. The number of hydrazone groups is 1. The van der Waals surface area contributed by atoms with Crippen molar-refractivity contribution in [3.05, 3.63) is 58.0 Å². The molecule has 0 unspecified atom stereocenters. The average molecular weight is 506 g/mol. The Labute approximate surface area is 217 Å². The van der Waals surface area contributed by atoms with Crippen molar-refractivity contribution in [1.29, 1.82) is 10.5 Å². The van der Waals surface area contributed by atoms with Crippen LogP contribution in [0.3, 0.4) is 0 Å². The van der Waals surface area contributed by atoms with Crippen LogP contribution in [0.1, 0.15) is 47.6 Å². The Morgan fingerprint density at radius 3 is 2.61 bits per heavy atom. The van der Waals surface area contributed by atoms with Crippen LogP contribution in [0.2, 0.25) is 0 Å². The van der Waals surface area contributed by atoms with Crippen LogP contribution in [0.5, 0.6) is 5.75 Å². The number of hydrogen-bond donors (Lipinski definition) is 2. The van der Waals surface area contributed by atoms with Crippen molar-refractivity contribution in [2.75, 3.05) is 6.54 Å². The molecule has 1 fully saturated rings. The first-order valence-corrected chi connectivity index (χ1v) is 11.7. The molecule has 38 heavy (non-hydrogen) atoms. The van der Waals surface area contributed by atoms with E-state index in [1.54, 1.807) is 32.0 Å². The minimum Gasteiger partial charge on any atom is -0.489 e. The van der Waals surface area contributed by atoms with Gasteiger partial charge in [-0.25, -0.2) is 9.18 Å². The van der Waals surface area contributed by atoms with Gasteiger partial charge in [0.15, 0.2) is 5.94 Å². The van der Waals surface area contributed by atoms with Gasteiger partial charge in [-0.05, 0) is 37.5 Å². The molecule has 3 N–H and O–H groups in total. The SMILES string of the molecule is CC#Cc1cc(OC2CC2)c(C#N)c(-c2c(-c3cc(C#N)c4c(c3)C(CN)=NNC4=C=O)cnn2C)c1F. The van der Waals surface area contributed by atoms with Gasteiger partial charge in [0.25, 0.3) is 0 Å². The maximum atomic E-state index is 16.0. The van der Waals surface area contributed by atoms with Gasteiger partial charge in [0, 0.05) is 36.3 Å². The van der Waals surface area contributed by atoms with Gasteiger partial charge < -0.3 is 10.5 Å². The van der Waals surface area contributed by atoms with Gasteiger partial charge in [-0.3, -0.25) is 10.1 Å². The van der Waals surface area contributed by atoms with Gasteiger partial charge in [-0.1, -0.05) is 5.92 Å². The molecule has 10 heteroatoms. The zero-order valence-corrected chi connectivity index (χ0v) is 20.5. The summed E-state index contributed by atoms with van der Waals surface area (Å²) in [6.07, 6.45) is 3.20. The van der Waals surface area contributed by atoms with E-state index < -0.39 is 5.82 Å². The zero-order chi connectivity index (χ0) is 27.0. The van der Waals surface area contributed by atoms with E-state index in [-0.39, 0.29) is 46.3 Å². The zero-order valence-electron chi connectivity index (χ0n) is 20.5. The van der Waals surface area contributed by atoms with Crippen LogP contribution in [-0.4, -0.2) is 34.1 Å². The summed E-state index contributed by atoms with van der Waals surface area (Å²) >= 11 is 0. The van der Waals surface area contributed by atoms with E-state index in [0.29, 0.717) is 33.7 Å². The number of halogens is 1. The first-order valence-electron chi connectivity index (χ1n) is 11.7. The van der Waals surface area contributed by atoms with E-state index in [9.17, 15) is 15.3 Å².